The number of anilines is 1. The highest BCUT2D eigenvalue weighted by Crippen LogP contribution is 2.25. The zero-order valence-electron chi connectivity index (χ0n) is 15.5. The Hall–Kier alpha value is -3.13. The van der Waals surface area contributed by atoms with Crippen molar-refractivity contribution in [3.8, 4) is 5.75 Å². The first-order valence-electron chi connectivity index (χ1n) is 9.15. The van der Waals surface area contributed by atoms with E-state index in [0.717, 1.165) is 5.39 Å². The van der Waals surface area contributed by atoms with E-state index in [9.17, 15) is 18.0 Å². The maximum atomic E-state index is 13.0. The zero-order chi connectivity index (χ0) is 20.4. The molecule has 1 saturated heterocycles. The molecular weight excluding hydrogens is 394 g/mol. The monoisotopic (exact) mass is 413 g/mol. The average molecular weight is 413 g/mol. The third-order valence-electron chi connectivity index (χ3n) is 4.83. The largest absolute Gasteiger partial charge is 0.484 e. The molecule has 1 aliphatic heterocycles. The Balaban J connectivity index is 1.54. The van der Waals surface area contributed by atoms with Crippen LogP contribution in [0.15, 0.2) is 69.9 Å². The van der Waals surface area contributed by atoms with Crippen LogP contribution >= 0.6 is 0 Å². The van der Waals surface area contributed by atoms with Crippen molar-refractivity contribution < 1.29 is 22.4 Å². The number of carbonyl (C=O) groups excluding carboxylic acids is 1. The fourth-order valence-corrected chi connectivity index (χ4v) is 5.17. The fourth-order valence-electron chi connectivity index (χ4n) is 3.47. The molecule has 1 aromatic heterocycles. The first-order valence-corrected chi connectivity index (χ1v) is 11.0. The number of hydrogen-bond acceptors (Lipinski definition) is 6. The Kier molecular flexibility index (Phi) is 5.10. The van der Waals surface area contributed by atoms with Crippen molar-refractivity contribution in [1.82, 2.24) is 0 Å². The fraction of sp³-hybridized carbons (Fsp3) is 0.238. The van der Waals surface area contributed by atoms with Crippen molar-refractivity contribution >= 4 is 32.4 Å². The molecule has 1 atom stereocenters. The maximum Gasteiger partial charge on any atom is 0.336 e. The Morgan fingerprint density at radius 1 is 1.10 bits per heavy atom. The normalized spacial score (nSPS) is 17.9. The van der Waals surface area contributed by atoms with E-state index in [2.05, 4.69) is 0 Å². The van der Waals surface area contributed by atoms with Gasteiger partial charge in [-0.25, -0.2) is 13.2 Å². The summed E-state index contributed by atoms with van der Waals surface area (Å²) < 4.78 is 34.6. The van der Waals surface area contributed by atoms with E-state index in [1.165, 1.54) is 11.0 Å². The third-order valence-corrected chi connectivity index (χ3v) is 6.58. The minimum Gasteiger partial charge on any atom is -0.484 e. The second-order valence-corrected chi connectivity index (χ2v) is 9.13. The summed E-state index contributed by atoms with van der Waals surface area (Å²) in [5, 5.41) is 0.741. The number of amides is 1. The average Bonchev–Trinajstić information content (AvgIpc) is 3.06. The van der Waals surface area contributed by atoms with E-state index >= 15 is 0 Å². The van der Waals surface area contributed by atoms with Crippen molar-refractivity contribution in [2.45, 2.75) is 12.5 Å². The van der Waals surface area contributed by atoms with E-state index in [0.29, 0.717) is 23.4 Å². The van der Waals surface area contributed by atoms with Gasteiger partial charge in [0.25, 0.3) is 5.91 Å². The minimum absolute atomic E-state index is 0.0607. The molecule has 0 saturated carbocycles. The van der Waals surface area contributed by atoms with Gasteiger partial charge in [0.1, 0.15) is 11.3 Å². The highest BCUT2D eigenvalue weighted by molar-refractivity contribution is 7.91. The van der Waals surface area contributed by atoms with Gasteiger partial charge >= 0.3 is 5.63 Å². The Labute approximate surface area is 167 Å². The molecule has 0 N–H and O–H groups in total. The van der Waals surface area contributed by atoms with Gasteiger partial charge < -0.3 is 14.1 Å². The molecule has 1 amide bonds. The second kappa shape index (κ2) is 7.71. The van der Waals surface area contributed by atoms with Gasteiger partial charge in [-0.2, -0.15) is 0 Å². The summed E-state index contributed by atoms with van der Waals surface area (Å²) in [6, 6.07) is 16.5. The predicted molar refractivity (Wildman–Crippen MR) is 109 cm³/mol. The lowest BCUT2D eigenvalue weighted by Gasteiger charge is -2.28. The van der Waals surface area contributed by atoms with E-state index < -0.39 is 21.5 Å². The SMILES string of the molecule is O=C(COc1ccc2ccc(=O)oc2c1)N(c1ccccc1)[C@H]1CCS(=O)(=O)C1. The molecule has 29 heavy (non-hydrogen) atoms. The zero-order valence-corrected chi connectivity index (χ0v) is 16.3. The summed E-state index contributed by atoms with van der Waals surface area (Å²) in [6.07, 6.45) is 0.393. The molecule has 8 heteroatoms. The number of fused-ring (bicyclic) bond motifs is 1. The van der Waals surface area contributed by atoms with Gasteiger partial charge in [-0.1, -0.05) is 18.2 Å². The minimum atomic E-state index is -3.15. The van der Waals surface area contributed by atoms with Crippen LogP contribution in [0.3, 0.4) is 0 Å². The lowest BCUT2D eigenvalue weighted by molar-refractivity contribution is -0.121. The molecule has 1 aliphatic rings. The van der Waals surface area contributed by atoms with E-state index in [-0.39, 0.29) is 24.0 Å². The molecule has 0 aliphatic carbocycles. The van der Waals surface area contributed by atoms with Crippen LogP contribution in [0.4, 0.5) is 5.69 Å². The Morgan fingerprint density at radius 3 is 2.59 bits per heavy atom. The standard InChI is InChI=1S/C21H19NO6S/c23-20(13-27-18-8-6-15-7-9-21(24)28-19(15)12-18)22(16-4-2-1-3-5-16)17-10-11-29(25,26)14-17/h1-9,12,17H,10-11,13-14H2/t17-/m0/s1. The van der Waals surface area contributed by atoms with Gasteiger partial charge in [-0.15, -0.1) is 0 Å². The summed E-state index contributed by atoms with van der Waals surface area (Å²) in [4.78, 5) is 25.9. The topological polar surface area (TPSA) is 93.9 Å². The number of sulfone groups is 1. The summed E-state index contributed by atoms with van der Waals surface area (Å²) in [6.45, 7) is -0.270. The molecule has 150 valence electrons. The highest BCUT2D eigenvalue weighted by atomic mass is 32.2. The number of rotatable bonds is 5. The number of carbonyl (C=O) groups is 1. The quantitative estimate of drug-likeness (QED) is 0.596. The molecule has 3 aromatic rings. The van der Waals surface area contributed by atoms with Gasteiger partial charge in [0, 0.05) is 23.2 Å². The van der Waals surface area contributed by atoms with Crippen LogP contribution in [0.25, 0.3) is 11.0 Å². The lowest BCUT2D eigenvalue weighted by atomic mass is 10.2. The van der Waals surface area contributed by atoms with Crippen molar-refractivity contribution in [1.29, 1.82) is 0 Å². The van der Waals surface area contributed by atoms with Gasteiger partial charge in [-0.3, -0.25) is 4.79 Å². The van der Waals surface area contributed by atoms with Crippen molar-refractivity contribution in [2.24, 2.45) is 0 Å². The van der Waals surface area contributed by atoms with Gasteiger partial charge in [0.05, 0.1) is 17.5 Å². The number of ether oxygens (including phenoxy) is 1. The molecule has 0 spiro atoms. The van der Waals surface area contributed by atoms with E-state index in [1.807, 2.05) is 6.07 Å². The van der Waals surface area contributed by atoms with Crippen LogP contribution in [0.1, 0.15) is 6.42 Å². The van der Waals surface area contributed by atoms with Crippen LogP contribution < -0.4 is 15.3 Å². The third kappa shape index (κ3) is 4.32. The summed E-state index contributed by atoms with van der Waals surface area (Å²) >= 11 is 0. The van der Waals surface area contributed by atoms with Crippen LogP contribution in [0.5, 0.6) is 5.75 Å². The molecule has 0 bridgehead atoms. The van der Waals surface area contributed by atoms with Gasteiger partial charge in [-0.05, 0) is 36.8 Å². The smallest absolute Gasteiger partial charge is 0.336 e. The van der Waals surface area contributed by atoms with Crippen LogP contribution in [-0.2, 0) is 14.6 Å². The highest BCUT2D eigenvalue weighted by Gasteiger charge is 2.35. The molecule has 0 radical (unpaired) electrons. The van der Waals surface area contributed by atoms with Crippen LogP contribution in [0.2, 0.25) is 0 Å². The molecule has 4 rings (SSSR count). The van der Waals surface area contributed by atoms with Gasteiger partial charge in [0.15, 0.2) is 16.4 Å². The first kappa shape index (κ1) is 19.2. The van der Waals surface area contributed by atoms with Crippen LogP contribution in [-0.4, -0.2) is 38.5 Å². The summed E-state index contributed by atoms with van der Waals surface area (Å²) in [5.74, 6) is 0.0494. The van der Waals surface area contributed by atoms with Gasteiger partial charge in [0.2, 0.25) is 0 Å². The Bertz CT molecular complexity index is 1200. The first-order chi connectivity index (χ1) is 13.9. The maximum absolute atomic E-state index is 13.0. The van der Waals surface area contributed by atoms with Crippen LogP contribution in [0, 0.1) is 0 Å². The predicted octanol–water partition coefficient (Wildman–Crippen LogP) is 2.39. The number of hydrogen-bond donors (Lipinski definition) is 0. The van der Waals surface area contributed by atoms with Crippen molar-refractivity contribution in [3.63, 3.8) is 0 Å². The number of para-hydroxylation sites is 1. The van der Waals surface area contributed by atoms with E-state index in [1.54, 1.807) is 48.5 Å². The van der Waals surface area contributed by atoms with Crippen molar-refractivity contribution in [3.05, 3.63) is 71.1 Å². The summed E-state index contributed by atoms with van der Waals surface area (Å²) in [5.41, 5.74) is 0.528. The molecule has 0 unspecified atom stereocenters. The number of benzene rings is 2. The second-order valence-electron chi connectivity index (χ2n) is 6.90. The molecular formula is C21H19NO6S. The Morgan fingerprint density at radius 2 is 1.86 bits per heavy atom. The molecule has 2 heterocycles. The molecule has 2 aromatic carbocycles. The summed E-state index contributed by atoms with van der Waals surface area (Å²) in [7, 11) is -3.15. The molecule has 1 fully saturated rings. The van der Waals surface area contributed by atoms with Crippen molar-refractivity contribution in [2.75, 3.05) is 23.0 Å². The molecule has 7 nitrogen and oxygen atoms in total. The number of nitrogens with zero attached hydrogens (tertiary/aromatic N) is 1. The lowest BCUT2D eigenvalue weighted by Crippen LogP contribution is -2.43. The van der Waals surface area contributed by atoms with E-state index in [4.69, 9.17) is 9.15 Å².